The van der Waals surface area contributed by atoms with Gasteiger partial charge in [0.15, 0.2) is 0 Å². The van der Waals surface area contributed by atoms with E-state index in [1.54, 1.807) is 12.1 Å². The van der Waals surface area contributed by atoms with Crippen LogP contribution in [-0.2, 0) is 9.53 Å². The van der Waals surface area contributed by atoms with Crippen molar-refractivity contribution >= 4 is 5.97 Å². The highest BCUT2D eigenvalue weighted by Gasteiger charge is 2.36. The van der Waals surface area contributed by atoms with Crippen molar-refractivity contribution in [1.29, 1.82) is 0 Å². The Balaban J connectivity index is 2.17. The van der Waals surface area contributed by atoms with E-state index in [0.717, 1.165) is 0 Å². The number of aliphatic hydroxyl groups is 1. The number of carbonyl (C=O) groups is 1. The lowest BCUT2D eigenvalue weighted by Crippen LogP contribution is -2.13. The third-order valence-corrected chi connectivity index (χ3v) is 2.32. The number of furan rings is 1. The molecule has 0 bridgehead atoms. The molecule has 0 aromatic carbocycles. The fourth-order valence-corrected chi connectivity index (χ4v) is 1.45. The highest BCUT2D eigenvalue weighted by Crippen LogP contribution is 2.32. The Morgan fingerprint density at radius 2 is 2.43 bits per heavy atom. The molecule has 1 aliphatic heterocycles. The third kappa shape index (κ3) is 1.33. The monoisotopic (exact) mass is 194 g/mol. The number of hydrogen-bond acceptors (Lipinski definition) is 4. The fourth-order valence-electron chi connectivity index (χ4n) is 1.45. The molecule has 1 N–H and O–H groups in total. The van der Waals surface area contributed by atoms with E-state index in [4.69, 9.17) is 9.15 Å². The van der Waals surface area contributed by atoms with Crippen molar-refractivity contribution in [2.24, 2.45) is 5.92 Å². The van der Waals surface area contributed by atoms with Gasteiger partial charge in [-0.25, -0.2) is 4.79 Å². The summed E-state index contributed by atoms with van der Waals surface area (Å²) in [6.07, 6.45) is 0.614. The summed E-state index contributed by atoms with van der Waals surface area (Å²) in [5.41, 5.74) is 0.300. The van der Waals surface area contributed by atoms with Crippen LogP contribution in [0.3, 0.4) is 0 Å². The first kappa shape index (κ1) is 9.02. The summed E-state index contributed by atoms with van der Waals surface area (Å²) in [5, 5.41) is 9.81. The summed E-state index contributed by atoms with van der Waals surface area (Å²) in [6, 6.07) is 3.33. The number of ether oxygens (including phenoxy) is 1. The van der Waals surface area contributed by atoms with Crippen molar-refractivity contribution in [3.05, 3.63) is 36.3 Å². The van der Waals surface area contributed by atoms with E-state index in [-0.39, 0.29) is 6.61 Å². The van der Waals surface area contributed by atoms with Gasteiger partial charge in [-0.05, 0) is 12.1 Å². The lowest BCUT2D eigenvalue weighted by Gasteiger charge is -2.12. The Morgan fingerprint density at radius 1 is 1.64 bits per heavy atom. The van der Waals surface area contributed by atoms with Crippen LogP contribution in [0.25, 0.3) is 0 Å². The van der Waals surface area contributed by atoms with Crippen LogP contribution in [0.15, 0.2) is 35.0 Å². The van der Waals surface area contributed by atoms with E-state index in [2.05, 4.69) is 6.58 Å². The molecule has 74 valence electrons. The number of hydrogen-bond donors (Lipinski definition) is 1. The molecule has 0 saturated carbocycles. The van der Waals surface area contributed by atoms with Gasteiger partial charge in [0.05, 0.1) is 12.2 Å². The van der Waals surface area contributed by atoms with Crippen molar-refractivity contribution in [1.82, 2.24) is 0 Å². The molecule has 2 unspecified atom stereocenters. The summed E-state index contributed by atoms with van der Waals surface area (Å²) >= 11 is 0. The zero-order valence-electron chi connectivity index (χ0n) is 7.47. The second kappa shape index (κ2) is 3.31. The number of aliphatic hydroxyl groups excluding tert-OH is 1. The zero-order valence-corrected chi connectivity index (χ0v) is 7.47. The molecule has 1 aromatic rings. The summed E-state index contributed by atoms with van der Waals surface area (Å²) in [6.45, 7) is 3.74. The molecule has 0 radical (unpaired) electrons. The number of esters is 1. The van der Waals surface area contributed by atoms with Gasteiger partial charge in [-0.1, -0.05) is 6.58 Å². The normalized spacial score (nSPS) is 23.6. The van der Waals surface area contributed by atoms with Gasteiger partial charge >= 0.3 is 5.97 Å². The molecule has 0 amide bonds. The molecule has 1 fully saturated rings. The Hall–Kier alpha value is -1.55. The van der Waals surface area contributed by atoms with Crippen LogP contribution in [-0.4, -0.2) is 17.7 Å². The van der Waals surface area contributed by atoms with Crippen molar-refractivity contribution < 1.29 is 19.1 Å². The zero-order chi connectivity index (χ0) is 10.1. The van der Waals surface area contributed by atoms with Gasteiger partial charge in [0, 0.05) is 5.57 Å². The number of carbonyl (C=O) groups excluding carboxylic acids is 1. The molecular weight excluding hydrogens is 184 g/mol. The number of cyclic esters (lactones) is 1. The molecule has 2 heterocycles. The predicted molar refractivity (Wildman–Crippen MR) is 47.3 cm³/mol. The summed E-state index contributed by atoms with van der Waals surface area (Å²) in [7, 11) is 0. The highest BCUT2D eigenvalue weighted by atomic mass is 16.5. The Bertz CT molecular complexity index is 352. The smallest absolute Gasteiger partial charge is 0.333 e. The molecule has 0 spiro atoms. The average molecular weight is 194 g/mol. The first-order valence-corrected chi connectivity index (χ1v) is 4.27. The molecule has 0 aliphatic carbocycles. The SMILES string of the molecule is C=C1C(=O)OCC1C(O)c1ccco1. The molecule has 1 saturated heterocycles. The molecular formula is C10H10O4. The van der Waals surface area contributed by atoms with Gasteiger partial charge in [-0.2, -0.15) is 0 Å². The van der Waals surface area contributed by atoms with Crippen LogP contribution < -0.4 is 0 Å². The first-order valence-electron chi connectivity index (χ1n) is 4.27. The van der Waals surface area contributed by atoms with Crippen molar-refractivity contribution in [3.8, 4) is 0 Å². The van der Waals surface area contributed by atoms with E-state index in [1.807, 2.05) is 0 Å². The van der Waals surface area contributed by atoms with Gasteiger partial charge in [0.1, 0.15) is 18.5 Å². The second-order valence-electron chi connectivity index (χ2n) is 3.19. The van der Waals surface area contributed by atoms with Crippen LogP contribution in [0, 0.1) is 5.92 Å². The van der Waals surface area contributed by atoms with Crippen LogP contribution in [0.1, 0.15) is 11.9 Å². The lowest BCUT2D eigenvalue weighted by molar-refractivity contribution is -0.135. The highest BCUT2D eigenvalue weighted by molar-refractivity contribution is 5.90. The standard InChI is InChI=1S/C10H10O4/c1-6-7(5-14-10(6)12)9(11)8-3-2-4-13-8/h2-4,7,9,11H,1,5H2. The Kier molecular flexibility index (Phi) is 2.13. The van der Waals surface area contributed by atoms with Crippen LogP contribution >= 0.6 is 0 Å². The van der Waals surface area contributed by atoms with Crippen molar-refractivity contribution in [3.63, 3.8) is 0 Å². The van der Waals surface area contributed by atoms with E-state index < -0.39 is 18.0 Å². The fraction of sp³-hybridized carbons (Fsp3) is 0.300. The van der Waals surface area contributed by atoms with E-state index in [1.165, 1.54) is 6.26 Å². The Morgan fingerprint density at radius 3 is 2.93 bits per heavy atom. The van der Waals surface area contributed by atoms with Gasteiger partial charge in [-0.15, -0.1) is 0 Å². The summed E-state index contributed by atoms with van der Waals surface area (Å²) < 4.78 is 9.79. The van der Waals surface area contributed by atoms with Gasteiger partial charge < -0.3 is 14.3 Å². The maximum atomic E-state index is 11.0. The maximum Gasteiger partial charge on any atom is 0.333 e. The molecule has 4 nitrogen and oxygen atoms in total. The first-order chi connectivity index (χ1) is 6.70. The molecule has 1 aromatic heterocycles. The lowest BCUT2D eigenvalue weighted by atomic mass is 9.96. The van der Waals surface area contributed by atoms with Crippen LogP contribution in [0.2, 0.25) is 0 Å². The topological polar surface area (TPSA) is 59.7 Å². The molecule has 2 atom stereocenters. The molecule has 14 heavy (non-hydrogen) atoms. The predicted octanol–water partition coefficient (Wildman–Crippen LogP) is 1.04. The summed E-state index contributed by atoms with van der Waals surface area (Å²) in [4.78, 5) is 11.0. The molecule has 4 heteroatoms. The Labute approximate surface area is 80.8 Å². The van der Waals surface area contributed by atoms with Crippen molar-refractivity contribution in [2.45, 2.75) is 6.10 Å². The average Bonchev–Trinajstić information content (AvgIpc) is 2.77. The quantitative estimate of drug-likeness (QED) is 0.564. The van der Waals surface area contributed by atoms with E-state index >= 15 is 0 Å². The molecule has 1 aliphatic rings. The summed E-state index contributed by atoms with van der Waals surface area (Å²) in [5.74, 6) is -0.413. The van der Waals surface area contributed by atoms with Gasteiger partial charge in [0.2, 0.25) is 0 Å². The van der Waals surface area contributed by atoms with E-state index in [9.17, 15) is 9.90 Å². The largest absolute Gasteiger partial charge is 0.467 e. The van der Waals surface area contributed by atoms with Crippen LogP contribution in [0.4, 0.5) is 0 Å². The van der Waals surface area contributed by atoms with Crippen LogP contribution in [0.5, 0.6) is 0 Å². The maximum absolute atomic E-state index is 11.0. The second-order valence-corrected chi connectivity index (χ2v) is 3.19. The number of rotatable bonds is 2. The minimum absolute atomic E-state index is 0.166. The minimum Gasteiger partial charge on any atom is -0.467 e. The molecule has 2 rings (SSSR count). The minimum atomic E-state index is -0.857. The van der Waals surface area contributed by atoms with Gasteiger partial charge in [-0.3, -0.25) is 0 Å². The van der Waals surface area contributed by atoms with Crippen molar-refractivity contribution in [2.75, 3.05) is 6.61 Å². The third-order valence-electron chi connectivity index (χ3n) is 2.32. The van der Waals surface area contributed by atoms with Gasteiger partial charge in [0.25, 0.3) is 0 Å². The van der Waals surface area contributed by atoms with E-state index in [0.29, 0.717) is 11.3 Å².